The first-order chi connectivity index (χ1) is 7.81. The van der Waals surface area contributed by atoms with Crippen LogP contribution in [-0.2, 0) is 11.2 Å². The van der Waals surface area contributed by atoms with Crippen molar-refractivity contribution in [2.75, 3.05) is 19.9 Å². The lowest BCUT2D eigenvalue weighted by Gasteiger charge is -2.06. The highest BCUT2D eigenvalue weighted by atomic mass is 16.7. The van der Waals surface area contributed by atoms with Gasteiger partial charge in [-0.15, -0.1) is 0 Å². The Bertz CT molecular complexity index is 393. The fourth-order valence-corrected chi connectivity index (χ4v) is 1.58. The zero-order valence-electron chi connectivity index (χ0n) is 8.86. The molecule has 1 aliphatic heterocycles. The molecule has 0 unspecified atom stereocenters. The number of hydrogen-bond acceptors (Lipinski definition) is 4. The summed E-state index contributed by atoms with van der Waals surface area (Å²) in [7, 11) is 0. The van der Waals surface area contributed by atoms with Crippen molar-refractivity contribution in [3.8, 4) is 11.5 Å². The molecule has 0 bridgehead atoms. The molecule has 5 heteroatoms. The number of nitrogens with two attached hydrogens (primary N) is 1. The van der Waals surface area contributed by atoms with Crippen LogP contribution in [0.4, 0.5) is 0 Å². The minimum Gasteiger partial charge on any atom is -0.454 e. The van der Waals surface area contributed by atoms with E-state index in [2.05, 4.69) is 5.32 Å². The van der Waals surface area contributed by atoms with Crippen LogP contribution < -0.4 is 20.5 Å². The standard InChI is InChI=1S/C11H14N2O3/c12-4-5-13-10(14)6-8-2-1-3-9-11(8)16-7-15-9/h1-3H,4-7,12H2,(H,13,14). The second kappa shape index (κ2) is 4.85. The highest BCUT2D eigenvalue weighted by Crippen LogP contribution is 2.35. The van der Waals surface area contributed by atoms with E-state index in [0.717, 1.165) is 5.56 Å². The third-order valence-electron chi connectivity index (χ3n) is 2.30. The molecule has 0 aromatic heterocycles. The highest BCUT2D eigenvalue weighted by Gasteiger charge is 2.18. The molecular weight excluding hydrogens is 208 g/mol. The number of benzene rings is 1. The summed E-state index contributed by atoms with van der Waals surface area (Å²) in [6, 6.07) is 5.53. The average Bonchev–Trinajstić information content (AvgIpc) is 2.75. The molecule has 86 valence electrons. The van der Waals surface area contributed by atoms with Crippen molar-refractivity contribution >= 4 is 5.91 Å². The van der Waals surface area contributed by atoms with Gasteiger partial charge in [-0.25, -0.2) is 0 Å². The number of nitrogens with one attached hydrogen (secondary N) is 1. The van der Waals surface area contributed by atoms with Gasteiger partial charge in [0, 0.05) is 18.7 Å². The molecule has 1 heterocycles. The van der Waals surface area contributed by atoms with Crippen LogP contribution in [0.3, 0.4) is 0 Å². The van der Waals surface area contributed by atoms with Crippen LogP contribution in [0.5, 0.6) is 11.5 Å². The zero-order chi connectivity index (χ0) is 11.4. The maximum atomic E-state index is 11.5. The summed E-state index contributed by atoms with van der Waals surface area (Å²) < 4.78 is 10.5. The Labute approximate surface area is 93.5 Å². The van der Waals surface area contributed by atoms with E-state index in [1.54, 1.807) is 0 Å². The van der Waals surface area contributed by atoms with Crippen LogP contribution in [-0.4, -0.2) is 25.8 Å². The van der Waals surface area contributed by atoms with E-state index in [0.29, 0.717) is 24.6 Å². The molecule has 0 fully saturated rings. The summed E-state index contributed by atoms with van der Waals surface area (Å²) in [5, 5.41) is 2.71. The van der Waals surface area contributed by atoms with E-state index in [4.69, 9.17) is 15.2 Å². The molecule has 0 spiro atoms. The van der Waals surface area contributed by atoms with E-state index in [1.165, 1.54) is 0 Å². The van der Waals surface area contributed by atoms with Gasteiger partial charge < -0.3 is 20.5 Å². The number of rotatable bonds is 4. The summed E-state index contributed by atoms with van der Waals surface area (Å²) in [5.41, 5.74) is 6.14. The minimum absolute atomic E-state index is 0.0608. The minimum atomic E-state index is -0.0608. The fraction of sp³-hybridized carbons (Fsp3) is 0.364. The largest absolute Gasteiger partial charge is 0.454 e. The van der Waals surface area contributed by atoms with Gasteiger partial charge in [-0.2, -0.15) is 0 Å². The molecule has 1 aliphatic rings. The fourth-order valence-electron chi connectivity index (χ4n) is 1.58. The molecule has 16 heavy (non-hydrogen) atoms. The van der Waals surface area contributed by atoms with Gasteiger partial charge in [0.15, 0.2) is 11.5 Å². The quantitative estimate of drug-likeness (QED) is 0.754. The van der Waals surface area contributed by atoms with Crippen LogP contribution in [0.15, 0.2) is 18.2 Å². The molecule has 3 N–H and O–H groups in total. The molecular formula is C11H14N2O3. The van der Waals surface area contributed by atoms with Crippen molar-refractivity contribution in [2.45, 2.75) is 6.42 Å². The number of para-hydroxylation sites is 1. The SMILES string of the molecule is NCCNC(=O)Cc1cccc2c1OCO2. The monoisotopic (exact) mass is 222 g/mol. The molecule has 2 rings (SSSR count). The molecule has 0 radical (unpaired) electrons. The summed E-state index contributed by atoms with van der Waals surface area (Å²) >= 11 is 0. The summed E-state index contributed by atoms with van der Waals surface area (Å²) in [6.07, 6.45) is 0.284. The maximum absolute atomic E-state index is 11.5. The van der Waals surface area contributed by atoms with Crippen molar-refractivity contribution in [1.82, 2.24) is 5.32 Å². The third-order valence-corrected chi connectivity index (χ3v) is 2.30. The first-order valence-corrected chi connectivity index (χ1v) is 5.15. The Morgan fingerprint density at radius 1 is 1.44 bits per heavy atom. The van der Waals surface area contributed by atoms with Gasteiger partial charge in [0.2, 0.25) is 12.7 Å². The molecule has 1 amide bonds. The number of hydrogen-bond donors (Lipinski definition) is 2. The van der Waals surface area contributed by atoms with Crippen molar-refractivity contribution in [1.29, 1.82) is 0 Å². The molecule has 0 saturated carbocycles. The lowest BCUT2D eigenvalue weighted by atomic mass is 10.1. The van der Waals surface area contributed by atoms with E-state index < -0.39 is 0 Å². The lowest BCUT2D eigenvalue weighted by molar-refractivity contribution is -0.120. The Balaban J connectivity index is 2.04. The van der Waals surface area contributed by atoms with Crippen LogP contribution in [0, 0.1) is 0 Å². The summed E-state index contributed by atoms with van der Waals surface area (Å²) in [5.74, 6) is 1.31. The Hall–Kier alpha value is -1.75. The van der Waals surface area contributed by atoms with Crippen LogP contribution in [0.2, 0.25) is 0 Å². The van der Waals surface area contributed by atoms with E-state index >= 15 is 0 Å². The molecule has 0 saturated heterocycles. The normalized spacial score (nSPS) is 12.6. The highest BCUT2D eigenvalue weighted by molar-refractivity contribution is 5.79. The van der Waals surface area contributed by atoms with Crippen LogP contribution in [0.25, 0.3) is 0 Å². The van der Waals surface area contributed by atoms with Crippen molar-refractivity contribution in [3.63, 3.8) is 0 Å². The molecule has 1 aromatic carbocycles. The number of ether oxygens (including phenoxy) is 2. The first kappa shape index (κ1) is 10.8. The predicted octanol–water partition coefficient (Wildman–Crippen LogP) is 0.0327. The number of fused-ring (bicyclic) bond motifs is 1. The molecule has 0 aliphatic carbocycles. The predicted molar refractivity (Wildman–Crippen MR) is 58.3 cm³/mol. The van der Waals surface area contributed by atoms with Gasteiger partial charge >= 0.3 is 0 Å². The van der Waals surface area contributed by atoms with Gasteiger partial charge in [-0.05, 0) is 6.07 Å². The Morgan fingerprint density at radius 2 is 2.31 bits per heavy atom. The van der Waals surface area contributed by atoms with E-state index in [9.17, 15) is 4.79 Å². The first-order valence-electron chi connectivity index (χ1n) is 5.15. The molecule has 5 nitrogen and oxygen atoms in total. The summed E-state index contributed by atoms with van der Waals surface area (Å²) in [4.78, 5) is 11.5. The second-order valence-electron chi connectivity index (χ2n) is 3.47. The van der Waals surface area contributed by atoms with Crippen molar-refractivity contribution < 1.29 is 14.3 Å². The van der Waals surface area contributed by atoms with E-state index in [-0.39, 0.29) is 19.1 Å². The topological polar surface area (TPSA) is 73.6 Å². The average molecular weight is 222 g/mol. The zero-order valence-corrected chi connectivity index (χ0v) is 8.86. The van der Waals surface area contributed by atoms with Crippen molar-refractivity contribution in [3.05, 3.63) is 23.8 Å². The Morgan fingerprint density at radius 3 is 3.12 bits per heavy atom. The smallest absolute Gasteiger partial charge is 0.231 e. The van der Waals surface area contributed by atoms with E-state index in [1.807, 2.05) is 18.2 Å². The number of carbonyl (C=O) groups is 1. The molecule has 0 atom stereocenters. The van der Waals surface area contributed by atoms with Gasteiger partial charge in [-0.3, -0.25) is 4.79 Å². The van der Waals surface area contributed by atoms with Gasteiger partial charge in [-0.1, -0.05) is 12.1 Å². The lowest BCUT2D eigenvalue weighted by Crippen LogP contribution is -2.30. The van der Waals surface area contributed by atoms with Gasteiger partial charge in [0.1, 0.15) is 0 Å². The van der Waals surface area contributed by atoms with Gasteiger partial charge in [0.05, 0.1) is 6.42 Å². The Kier molecular flexibility index (Phi) is 3.26. The van der Waals surface area contributed by atoms with Crippen molar-refractivity contribution in [2.24, 2.45) is 5.73 Å². The van der Waals surface area contributed by atoms with Crippen LogP contribution >= 0.6 is 0 Å². The maximum Gasteiger partial charge on any atom is 0.231 e. The number of carbonyl (C=O) groups excluding carboxylic acids is 1. The summed E-state index contributed by atoms with van der Waals surface area (Å²) in [6.45, 7) is 1.15. The second-order valence-corrected chi connectivity index (χ2v) is 3.47. The van der Waals surface area contributed by atoms with Gasteiger partial charge in [0.25, 0.3) is 0 Å². The molecule has 1 aromatic rings. The number of amides is 1. The van der Waals surface area contributed by atoms with Crippen LogP contribution in [0.1, 0.15) is 5.56 Å². The third kappa shape index (κ3) is 2.25.